The number of aryl methyl sites for hydroxylation is 1. The summed E-state index contributed by atoms with van der Waals surface area (Å²) < 4.78 is 6.83. The third-order valence-electron chi connectivity index (χ3n) is 4.45. The molecule has 2 aromatic rings. The average Bonchev–Trinajstić information content (AvgIpc) is 2.59. The van der Waals surface area contributed by atoms with E-state index < -0.39 is 0 Å². The molecule has 0 aliphatic carbocycles. The molecule has 0 heterocycles. The van der Waals surface area contributed by atoms with Crippen LogP contribution in [0.25, 0.3) is 0 Å². The van der Waals surface area contributed by atoms with Crippen molar-refractivity contribution in [2.75, 3.05) is 11.9 Å². The maximum Gasteiger partial charge on any atom is 0.262 e. The highest BCUT2D eigenvalue weighted by Crippen LogP contribution is 2.28. The lowest BCUT2D eigenvalue weighted by atomic mass is 9.82. The van der Waals surface area contributed by atoms with Crippen LogP contribution < -0.4 is 15.4 Å². The molecule has 0 spiro atoms. The first-order valence-corrected chi connectivity index (χ1v) is 10.8. The van der Waals surface area contributed by atoms with E-state index in [0.29, 0.717) is 12.3 Å². The van der Waals surface area contributed by atoms with E-state index in [1.165, 1.54) is 0 Å². The fourth-order valence-electron chi connectivity index (χ4n) is 3.53. The molecule has 2 N–H and O–H groups in total. The molecular weight excluding hydrogens is 428 g/mol. The Morgan fingerprint density at radius 2 is 1.69 bits per heavy atom. The predicted molar refractivity (Wildman–Crippen MR) is 124 cm³/mol. The highest BCUT2D eigenvalue weighted by molar-refractivity contribution is 9.10. The third kappa shape index (κ3) is 8.58. The van der Waals surface area contributed by atoms with Gasteiger partial charge in [0.2, 0.25) is 0 Å². The van der Waals surface area contributed by atoms with E-state index in [4.69, 9.17) is 4.74 Å². The summed E-state index contributed by atoms with van der Waals surface area (Å²) in [7, 11) is 0. The molecule has 4 nitrogen and oxygen atoms in total. The summed E-state index contributed by atoms with van der Waals surface area (Å²) in [5.41, 5.74) is 3.16. The number of carbonyl (C=O) groups excluding carboxylic acids is 1. The summed E-state index contributed by atoms with van der Waals surface area (Å²) in [6.45, 7) is 13.8. The van der Waals surface area contributed by atoms with Crippen molar-refractivity contribution < 1.29 is 9.53 Å². The Labute approximate surface area is 183 Å². The standard InChI is InChI=1S/C24H33BrN2O2/c1-17-7-10-20(11-8-17)27-22(28)15-29-21-12-9-19(25)13-18(21)14-26-24(5,6)16-23(2,3)4/h7-13,26H,14-16H2,1-6H3,(H,27,28). The lowest BCUT2D eigenvalue weighted by Gasteiger charge is -2.33. The van der Waals surface area contributed by atoms with Crippen molar-refractivity contribution in [1.82, 2.24) is 5.32 Å². The molecule has 0 unspecified atom stereocenters. The quantitative estimate of drug-likeness (QED) is 0.501. The number of hydrogen-bond donors (Lipinski definition) is 2. The van der Waals surface area contributed by atoms with Gasteiger partial charge in [-0.15, -0.1) is 0 Å². The molecule has 2 rings (SSSR count). The summed E-state index contributed by atoms with van der Waals surface area (Å²) in [5, 5.41) is 6.49. The Bertz CT molecular complexity index is 824. The SMILES string of the molecule is Cc1ccc(NC(=O)COc2ccc(Br)cc2CNC(C)(C)CC(C)(C)C)cc1. The van der Waals surface area contributed by atoms with Gasteiger partial charge in [0.05, 0.1) is 0 Å². The molecule has 0 aliphatic heterocycles. The first-order chi connectivity index (χ1) is 13.4. The summed E-state index contributed by atoms with van der Waals surface area (Å²) in [5.74, 6) is 0.537. The minimum absolute atomic E-state index is 0.0132. The molecule has 29 heavy (non-hydrogen) atoms. The molecule has 5 heteroatoms. The van der Waals surface area contributed by atoms with E-state index in [1.54, 1.807) is 0 Å². The fourth-order valence-corrected chi connectivity index (χ4v) is 3.94. The second-order valence-electron chi connectivity index (χ2n) is 9.43. The average molecular weight is 461 g/mol. The van der Waals surface area contributed by atoms with Gasteiger partial charge >= 0.3 is 0 Å². The Kier molecular flexibility index (Phi) is 7.89. The first kappa shape index (κ1) is 23.4. The van der Waals surface area contributed by atoms with Gasteiger partial charge in [0.1, 0.15) is 5.75 Å². The summed E-state index contributed by atoms with van der Waals surface area (Å²) >= 11 is 3.53. The molecule has 0 aliphatic rings. The lowest BCUT2D eigenvalue weighted by molar-refractivity contribution is -0.118. The lowest BCUT2D eigenvalue weighted by Crippen LogP contribution is -2.41. The second kappa shape index (κ2) is 9.77. The molecule has 0 bridgehead atoms. The van der Waals surface area contributed by atoms with E-state index in [1.807, 2.05) is 49.4 Å². The van der Waals surface area contributed by atoms with Crippen LogP contribution in [0.5, 0.6) is 5.75 Å². The number of anilines is 1. The number of hydrogen-bond acceptors (Lipinski definition) is 3. The maximum atomic E-state index is 12.3. The zero-order valence-electron chi connectivity index (χ0n) is 18.4. The van der Waals surface area contributed by atoms with Crippen LogP contribution in [0.3, 0.4) is 0 Å². The van der Waals surface area contributed by atoms with Crippen molar-refractivity contribution in [2.24, 2.45) is 5.41 Å². The Morgan fingerprint density at radius 3 is 2.31 bits per heavy atom. The zero-order valence-corrected chi connectivity index (χ0v) is 19.9. The molecule has 1 amide bonds. The Morgan fingerprint density at radius 1 is 1.03 bits per heavy atom. The molecule has 0 aromatic heterocycles. The maximum absolute atomic E-state index is 12.3. The molecule has 158 valence electrons. The fraction of sp³-hybridized carbons (Fsp3) is 0.458. The van der Waals surface area contributed by atoms with Gasteiger partial charge in [-0.25, -0.2) is 0 Å². The largest absolute Gasteiger partial charge is 0.483 e. The van der Waals surface area contributed by atoms with Crippen LogP contribution in [0.4, 0.5) is 5.69 Å². The van der Waals surface area contributed by atoms with E-state index in [9.17, 15) is 4.79 Å². The van der Waals surface area contributed by atoms with Gasteiger partial charge in [-0.05, 0) is 62.9 Å². The van der Waals surface area contributed by atoms with Gasteiger partial charge < -0.3 is 15.4 Å². The number of nitrogens with one attached hydrogen (secondary N) is 2. The molecule has 0 radical (unpaired) electrons. The van der Waals surface area contributed by atoms with E-state index in [2.05, 4.69) is 61.2 Å². The van der Waals surface area contributed by atoms with Crippen molar-refractivity contribution in [3.05, 3.63) is 58.1 Å². The summed E-state index contributed by atoms with van der Waals surface area (Å²) in [6.07, 6.45) is 1.04. The van der Waals surface area contributed by atoms with Crippen LogP contribution in [-0.2, 0) is 11.3 Å². The number of benzene rings is 2. The van der Waals surface area contributed by atoms with Gasteiger partial charge in [0.25, 0.3) is 5.91 Å². The normalized spacial score (nSPS) is 12.0. The topological polar surface area (TPSA) is 50.4 Å². The number of halogens is 1. The van der Waals surface area contributed by atoms with Gasteiger partial charge in [0.15, 0.2) is 6.61 Å². The summed E-state index contributed by atoms with van der Waals surface area (Å²) in [6, 6.07) is 13.6. The molecule has 0 saturated heterocycles. The van der Waals surface area contributed by atoms with Gasteiger partial charge in [-0.1, -0.05) is 54.4 Å². The van der Waals surface area contributed by atoms with Gasteiger partial charge in [0, 0.05) is 27.8 Å². The second-order valence-corrected chi connectivity index (χ2v) is 10.3. The molecule has 2 aromatic carbocycles. The number of amides is 1. The van der Waals surface area contributed by atoms with Crippen LogP contribution in [0.2, 0.25) is 0 Å². The van der Waals surface area contributed by atoms with Crippen LogP contribution in [0, 0.1) is 12.3 Å². The smallest absolute Gasteiger partial charge is 0.262 e. The zero-order chi connectivity index (χ0) is 21.7. The number of carbonyl (C=O) groups is 1. The molecule has 0 fully saturated rings. The minimum atomic E-state index is -0.177. The Hall–Kier alpha value is -1.85. The highest BCUT2D eigenvalue weighted by Gasteiger charge is 2.25. The number of ether oxygens (including phenoxy) is 1. The van der Waals surface area contributed by atoms with E-state index >= 15 is 0 Å². The van der Waals surface area contributed by atoms with Crippen molar-refractivity contribution in [2.45, 2.75) is 60.0 Å². The van der Waals surface area contributed by atoms with Crippen molar-refractivity contribution >= 4 is 27.5 Å². The summed E-state index contributed by atoms with van der Waals surface area (Å²) in [4.78, 5) is 12.3. The first-order valence-electron chi connectivity index (χ1n) is 9.96. The van der Waals surface area contributed by atoms with Crippen LogP contribution in [-0.4, -0.2) is 18.1 Å². The highest BCUT2D eigenvalue weighted by atomic mass is 79.9. The predicted octanol–water partition coefficient (Wildman–Crippen LogP) is 6.08. The van der Waals surface area contributed by atoms with E-state index in [-0.39, 0.29) is 23.5 Å². The van der Waals surface area contributed by atoms with Crippen molar-refractivity contribution in [3.8, 4) is 5.75 Å². The van der Waals surface area contributed by atoms with E-state index in [0.717, 1.165) is 27.7 Å². The van der Waals surface area contributed by atoms with Crippen LogP contribution in [0.1, 0.15) is 52.2 Å². The van der Waals surface area contributed by atoms with Crippen molar-refractivity contribution in [3.63, 3.8) is 0 Å². The minimum Gasteiger partial charge on any atom is -0.483 e. The number of rotatable bonds is 8. The molecule has 0 atom stereocenters. The van der Waals surface area contributed by atoms with Gasteiger partial charge in [-0.2, -0.15) is 0 Å². The molecular formula is C24H33BrN2O2. The van der Waals surface area contributed by atoms with Crippen molar-refractivity contribution in [1.29, 1.82) is 0 Å². The van der Waals surface area contributed by atoms with Crippen LogP contribution >= 0.6 is 15.9 Å². The third-order valence-corrected chi connectivity index (χ3v) is 4.94. The molecule has 0 saturated carbocycles. The monoisotopic (exact) mass is 460 g/mol. The van der Waals surface area contributed by atoms with Crippen LogP contribution in [0.15, 0.2) is 46.9 Å². The van der Waals surface area contributed by atoms with Gasteiger partial charge in [-0.3, -0.25) is 4.79 Å². The Balaban J connectivity index is 1.98.